The molecule has 0 saturated carbocycles. The quantitative estimate of drug-likeness (QED) is 0.833. The van der Waals surface area contributed by atoms with Gasteiger partial charge in [0.2, 0.25) is 0 Å². The van der Waals surface area contributed by atoms with Gasteiger partial charge in [0.1, 0.15) is 0 Å². The molecule has 0 bridgehead atoms. The fourth-order valence-corrected chi connectivity index (χ4v) is 1.88. The Morgan fingerprint density at radius 2 is 2.31 bits per heavy atom. The van der Waals surface area contributed by atoms with Gasteiger partial charge in [0.05, 0.1) is 19.8 Å². The predicted octanol–water partition coefficient (Wildman–Crippen LogP) is 1.88. The molecule has 2 atom stereocenters. The molecule has 2 unspecified atom stereocenters. The number of hydrogen-bond acceptors (Lipinski definition) is 3. The van der Waals surface area contributed by atoms with Gasteiger partial charge in [-0.15, -0.1) is 0 Å². The molecule has 0 radical (unpaired) electrons. The topological polar surface area (TPSA) is 30.5 Å². The molecular formula is C12H16FNO2. The second-order valence-corrected chi connectivity index (χ2v) is 3.99. The molecule has 1 heterocycles. The van der Waals surface area contributed by atoms with Crippen LogP contribution in [0, 0.1) is 5.82 Å². The lowest BCUT2D eigenvalue weighted by molar-refractivity contribution is 0.00547. The smallest absolute Gasteiger partial charge is 0.165 e. The zero-order valence-electron chi connectivity index (χ0n) is 9.50. The lowest BCUT2D eigenvalue weighted by Gasteiger charge is -2.29. The maximum atomic E-state index is 13.5. The van der Waals surface area contributed by atoms with Crippen molar-refractivity contribution in [3.63, 3.8) is 0 Å². The van der Waals surface area contributed by atoms with E-state index in [-0.39, 0.29) is 17.7 Å². The number of nitrogens with one attached hydrogen (secondary N) is 1. The molecule has 0 aliphatic carbocycles. The number of benzene rings is 1. The lowest BCUT2D eigenvalue weighted by atomic mass is 10.1. The summed E-state index contributed by atoms with van der Waals surface area (Å²) in [6, 6.07) is 5.25. The van der Waals surface area contributed by atoms with Crippen LogP contribution in [0.3, 0.4) is 0 Å². The molecule has 1 fully saturated rings. The highest BCUT2D eigenvalue weighted by Crippen LogP contribution is 2.30. The van der Waals surface area contributed by atoms with Crippen molar-refractivity contribution in [2.45, 2.75) is 19.1 Å². The molecule has 1 aromatic rings. The van der Waals surface area contributed by atoms with Crippen molar-refractivity contribution in [1.29, 1.82) is 0 Å². The molecular weight excluding hydrogens is 209 g/mol. The monoisotopic (exact) mass is 225 g/mol. The Balaban J connectivity index is 2.23. The van der Waals surface area contributed by atoms with Crippen LogP contribution in [0.4, 0.5) is 4.39 Å². The van der Waals surface area contributed by atoms with E-state index in [0.29, 0.717) is 19.2 Å². The van der Waals surface area contributed by atoms with Crippen LogP contribution in [-0.2, 0) is 4.74 Å². The molecule has 16 heavy (non-hydrogen) atoms. The van der Waals surface area contributed by atoms with Gasteiger partial charge in [-0.05, 0) is 13.0 Å². The van der Waals surface area contributed by atoms with Gasteiger partial charge < -0.3 is 14.8 Å². The molecule has 0 aromatic heterocycles. The maximum Gasteiger partial charge on any atom is 0.165 e. The lowest BCUT2D eigenvalue weighted by Crippen LogP contribution is -2.40. The normalized spacial score (nSPS) is 25.4. The van der Waals surface area contributed by atoms with E-state index in [9.17, 15) is 4.39 Å². The van der Waals surface area contributed by atoms with Gasteiger partial charge in [0, 0.05) is 18.2 Å². The highest BCUT2D eigenvalue weighted by molar-refractivity contribution is 5.37. The Bertz CT molecular complexity index is 362. The van der Waals surface area contributed by atoms with Crippen LogP contribution < -0.4 is 10.1 Å². The zero-order chi connectivity index (χ0) is 11.5. The van der Waals surface area contributed by atoms with Crippen molar-refractivity contribution in [2.24, 2.45) is 0 Å². The van der Waals surface area contributed by atoms with E-state index in [0.717, 1.165) is 5.56 Å². The molecule has 1 aromatic carbocycles. The van der Waals surface area contributed by atoms with Gasteiger partial charge in [0.15, 0.2) is 11.6 Å². The minimum atomic E-state index is -0.345. The summed E-state index contributed by atoms with van der Waals surface area (Å²) >= 11 is 0. The van der Waals surface area contributed by atoms with E-state index in [2.05, 4.69) is 12.2 Å². The number of halogens is 1. The summed E-state index contributed by atoms with van der Waals surface area (Å²) in [6.45, 7) is 3.37. The molecule has 3 nitrogen and oxygen atoms in total. The second-order valence-electron chi connectivity index (χ2n) is 3.99. The highest BCUT2D eigenvalue weighted by Gasteiger charge is 2.23. The highest BCUT2D eigenvalue weighted by atomic mass is 19.1. The minimum absolute atomic E-state index is 0.137. The first-order valence-electron chi connectivity index (χ1n) is 5.39. The van der Waals surface area contributed by atoms with Gasteiger partial charge in [-0.2, -0.15) is 0 Å². The zero-order valence-corrected chi connectivity index (χ0v) is 9.50. The van der Waals surface area contributed by atoms with E-state index in [1.807, 2.05) is 6.07 Å². The molecule has 0 spiro atoms. The van der Waals surface area contributed by atoms with Crippen LogP contribution in [0.2, 0.25) is 0 Å². The summed E-state index contributed by atoms with van der Waals surface area (Å²) in [6.07, 6.45) is -0.137. The number of morpholine rings is 1. The molecule has 1 aliphatic rings. The summed E-state index contributed by atoms with van der Waals surface area (Å²) < 4.78 is 24.2. The van der Waals surface area contributed by atoms with Crippen LogP contribution in [0.15, 0.2) is 18.2 Å². The third kappa shape index (κ3) is 2.18. The number of ether oxygens (including phenoxy) is 2. The fourth-order valence-electron chi connectivity index (χ4n) is 1.88. The van der Waals surface area contributed by atoms with Crippen LogP contribution in [-0.4, -0.2) is 26.3 Å². The number of para-hydroxylation sites is 1. The first-order chi connectivity index (χ1) is 7.72. The Labute approximate surface area is 94.6 Å². The third-order valence-corrected chi connectivity index (χ3v) is 2.75. The first-order valence-corrected chi connectivity index (χ1v) is 5.39. The van der Waals surface area contributed by atoms with Crippen LogP contribution in [0.5, 0.6) is 5.75 Å². The molecule has 1 N–H and O–H groups in total. The van der Waals surface area contributed by atoms with Crippen molar-refractivity contribution >= 4 is 0 Å². The van der Waals surface area contributed by atoms with E-state index in [1.54, 1.807) is 6.07 Å². The summed E-state index contributed by atoms with van der Waals surface area (Å²) in [5, 5.41) is 3.30. The van der Waals surface area contributed by atoms with Crippen molar-refractivity contribution in [1.82, 2.24) is 5.32 Å². The van der Waals surface area contributed by atoms with Gasteiger partial charge in [-0.25, -0.2) is 4.39 Å². The number of hydrogen-bond donors (Lipinski definition) is 1. The fraction of sp³-hybridized carbons (Fsp3) is 0.500. The summed E-state index contributed by atoms with van der Waals surface area (Å²) in [7, 11) is 1.47. The Kier molecular flexibility index (Phi) is 3.41. The standard InChI is InChI=1S/C12H16FNO2/c1-8-7-16-11(6-14-8)9-4-3-5-10(13)12(9)15-2/h3-5,8,11,14H,6-7H2,1-2H3. The summed E-state index contributed by atoms with van der Waals surface area (Å²) in [5.41, 5.74) is 0.766. The van der Waals surface area contributed by atoms with E-state index < -0.39 is 0 Å². The number of rotatable bonds is 2. The summed E-state index contributed by atoms with van der Waals surface area (Å²) in [4.78, 5) is 0. The molecule has 88 valence electrons. The Morgan fingerprint density at radius 3 is 2.94 bits per heavy atom. The second kappa shape index (κ2) is 4.80. The van der Waals surface area contributed by atoms with Crippen molar-refractivity contribution in [2.75, 3.05) is 20.3 Å². The SMILES string of the molecule is COc1c(F)cccc1C1CNC(C)CO1. The van der Waals surface area contributed by atoms with Crippen LogP contribution in [0.1, 0.15) is 18.6 Å². The molecule has 2 rings (SSSR count). The average molecular weight is 225 g/mol. The van der Waals surface area contributed by atoms with Crippen molar-refractivity contribution in [3.05, 3.63) is 29.6 Å². The molecule has 0 amide bonds. The van der Waals surface area contributed by atoms with Crippen LogP contribution >= 0.6 is 0 Å². The predicted molar refractivity (Wildman–Crippen MR) is 59.1 cm³/mol. The summed E-state index contributed by atoms with van der Waals surface area (Å²) in [5.74, 6) is -0.0638. The van der Waals surface area contributed by atoms with Crippen molar-refractivity contribution < 1.29 is 13.9 Å². The molecule has 1 aliphatic heterocycles. The number of methoxy groups -OCH3 is 1. The Morgan fingerprint density at radius 1 is 1.50 bits per heavy atom. The van der Waals surface area contributed by atoms with Gasteiger partial charge >= 0.3 is 0 Å². The van der Waals surface area contributed by atoms with E-state index in [4.69, 9.17) is 9.47 Å². The molecule has 4 heteroatoms. The maximum absolute atomic E-state index is 13.5. The first kappa shape index (κ1) is 11.4. The van der Waals surface area contributed by atoms with Crippen molar-refractivity contribution in [3.8, 4) is 5.75 Å². The third-order valence-electron chi connectivity index (χ3n) is 2.75. The van der Waals surface area contributed by atoms with E-state index in [1.165, 1.54) is 13.2 Å². The van der Waals surface area contributed by atoms with Gasteiger partial charge in [0.25, 0.3) is 0 Å². The Hall–Kier alpha value is -1.13. The minimum Gasteiger partial charge on any atom is -0.493 e. The van der Waals surface area contributed by atoms with Gasteiger partial charge in [-0.1, -0.05) is 12.1 Å². The van der Waals surface area contributed by atoms with Gasteiger partial charge in [-0.3, -0.25) is 0 Å². The van der Waals surface area contributed by atoms with E-state index >= 15 is 0 Å². The van der Waals surface area contributed by atoms with Crippen LogP contribution in [0.25, 0.3) is 0 Å². The largest absolute Gasteiger partial charge is 0.493 e. The average Bonchev–Trinajstić information content (AvgIpc) is 2.30. The molecule has 1 saturated heterocycles.